The second kappa shape index (κ2) is 11.6. The minimum Gasteiger partial charge on any atom is -0.467 e. The molecule has 0 saturated heterocycles. The highest BCUT2D eigenvalue weighted by atomic mass is 31.1. The van der Waals surface area contributed by atoms with Gasteiger partial charge in [0, 0.05) is 31.1 Å². The van der Waals surface area contributed by atoms with Crippen molar-refractivity contribution in [3.8, 4) is 5.75 Å². The summed E-state index contributed by atoms with van der Waals surface area (Å²) in [4.78, 5) is 4.31. The smallest absolute Gasteiger partial charge is 0.188 e. The van der Waals surface area contributed by atoms with Crippen LogP contribution < -0.4 is 10.0 Å². The monoisotopic (exact) mass is 427 g/mol. The molecule has 2 aromatic carbocycles. The Bertz CT molecular complexity index is 843. The first-order valence-electron chi connectivity index (χ1n) is 11.0. The predicted molar refractivity (Wildman–Crippen MR) is 133 cm³/mol. The number of methoxy groups -OCH3 is 1. The fourth-order valence-electron chi connectivity index (χ4n) is 3.99. The van der Waals surface area contributed by atoms with Gasteiger partial charge in [-0.15, -0.1) is 0 Å². The Kier molecular flexibility index (Phi) is 9.52. The van der Waals surface area contributed by atoms with Gasteiger partial charge in [0.05, 0.1) is 0 Å². The second-order valence-electron chi connectivity index (χ2n) is 7.98. The summed E-state index contributed by atoms with van der Waals surface area (Å²) in [6.45, 7) is 11.5. The Balaban J connectivity index is 2.64. The van der Waals surface area contributed by atoms with Crippen LogP contribution in [0.25, 0.3) is 0 Å². The molecular weight excluding hydrogens is 389 g/mol. The van der Waals surface area contributed by atoms with Crippen molar-refractivity contribution < 1.29 is 9.47 Å². The number of aryl methyl sites for hydroxylation is 1. The molecule has 0 bridgehead atoms. The van der Waals surface area contributed by atoms with Gasteiger partial charge < -0.3 is 9.47 Å². The molecule has 2 aromatic rings. The SMILES string of the molecule is CCC(C)c1cccc(C(CC)(CC)Pc2ccc(C)cc2C=NC)c1OCOC. The van der Waals surface area contributed by atoms with Gasteiger partial charge in [0.2, 0.25) is 0 Å². The maximum Gasteiger partial charge on any atom is 0.188 e. The summed E-state index contributed by atoms with van der Waals surface area (Å²) in [7, 11) is 4.15. The summed E-state index contributed by atoms with van der Waals surface area (Å²) in [5, 5.41) is 1.37. The van der Waals surface area contributed by atoms with Crippen LogP contribution in [0.4, 0.5) is 0 Å². The lowest BCUT2D eigenvalue weighted by atomic mass is 9.87. The highest BCUT2D eigenvalue weighted by molar-refractivity contribution is 7.48. The number of benzene rings is 2. The Morgan fingerprint density at radius 3 is 2.47 bits per heavy atom. The average Bonchev–Trinajstić information content (AvgIpc) is 2.77. The molecule has 0 amide bonds. The summed E-state index contributed by atoms with van der Waals surface area (Å²) in [6, 6.07) is 13.4. The molecule has 0 aliphatic rings. The Hall–Kier alpha value is -1.70. The molecule has 0 heterocycles. The molecule has 2 rings (SSSR count). The van der Waals surface area contributed by atoms with E-state index in [4.69, 9.17) is 9.47 Å². The normalized spacial score (nSPS) is 13.4. The van der Waals surface area contributed by atoms with E-state index in [-0.39, 0.29) is 11.9 Å². The van der Waals surface area contributed by atoms with Crippen LogP contribution in [0.5, 0.6) is 5.75 Å². The molecule has 0 aromatic heterocycles. The molecule has 2 atom stereocenters. The van der Waals surface area contributed by atoms with E-state index in [1.165, 1.54) is 27.6 Å². The van der Waals surface area contributed by atoms with Crippen molar-refractivity contribution in [3.63, 3.8) is 0 Å². The van der Waals surface area contributed by atoms with E-state index in [0.717, 1.165) is 25.0 Å². The Morgan fingerprint density at radius 1 is 1.13 bits per heavy atom. The largest absolute Gasteiger partial charge is 0.467 e. The number of nitrogens with zero attached hydrogens (tertiary/aromatic N) is 1. The predicted octanol–water partition coefficient (Wildman–Crippen LogP) is 6.56. The van der Waals surface area contributed by atoms with Crippen molar-refractivity contribution in [2.24, 2.45) is 4.99 Å². The van der Waals surface area contributed by atoms with E-state index < -0.39 is 0 Å². The van der Waals surface area contributed by atoms with E-state index >= 15 is 0 Å². The number of hydrogen-bond acceptors (Lipinski definition) is 3. The lowest BCUT2D eigenvalue weighted by Gasteiger charge is -2.35. The highest BCUT2D eigenvalue weighted by Gasteiger charge is 2.34. The molecule has 30 heavy (non-hydrogen) atoms. The third kappa shape index (κ3) is 5.50. The molecule has 2 unspecified atom stereocenters. The third-order valence-electron chi connectivity index (χ3n) is 6.08. The summed E-state index contributed by atoms with van der Waals surface area (Å²) in [5.74, 6) is 1.46. The summed E-state index contributed by atoms with van der Waals surface area (Å²) in [5.41, 5.74) is 5.07. The molecule has 0 saturated carbocycles. The van der Waals surface area contributed by atoms with Gasteiger partial charge in [0.25, 0.3) is 0 Å². The molecular formula is C26H38NO2P. The van der Waals surface area contributed by atoms with Crippen LogP contribution >= 0.6 is 8.58 Å². The number of aliphatic imine (C=N–C) groups is 1. The van der Waals surface area contributed by atoms with Crippen molar-refractivity contribution in [1.82, 2.24) is 0 Å². The van der Waals surface area contributed by atoms with Gasteiger partial charge in [-0.05, 0) is 54.6 Å². The first kappa shape index (κ1) is 24.6. The summed E-state index contributed by atoms with van der Waals surface area (Å²) >= 11 is 0. The fraction of sp³-hybridized carbons (Fsp3) is 0.500. The van der Waals surface area contributed by atoms with E-state index in [2.05, 4.69) is 76.0 Å². The zero-order valence-corrected chi connectivity index (χ0v) is 20.7. The molecule has 3 nitrogen and oxygen atoms in total. The van der Waals surface area contributed by atoms with Gasteiger partial charge in [-0.2, -0.15) is 0 Å². The standard InChI is InChI=1S/C26H38NO2P/c1-8-20(5)22-12-11-13-23(25(22)29-18-28-7)26(9-2,10-3)30-24-15-14-19(4)16-21(24)17-27-6/h11-17,20,30H,8-10,18H2,1-7H3. The number of para-hydroxylation sites is 1. The van der Waals surface area contributed by atoms with Crippen LogP contribution in [-0.2, 0) is 9.89 Å². The number of hydrogen-bond donors (Lipinski definition) is 0. The van der Waals surface area contributed by atoms with Crippen molar-refractivity contribution >= 4 is 20.1 Å². The highest BCUT2D eigenvalue weighted by Crippen LogP contribution is 2.51. The summed E-state index contributed by atoms with van der Waals surface area (Å²) in [6.07, 6.45) is 5.16. The molecule has 0 N–H and O–H groups in total. The van der Waals surface area contributed by atoms with Crippen LogP contribution in [0.1, 0.15) is 75.1 Å². The maximum atomic E-state index is 6.24. The van der Waals surface area contributed by atoms with Crippen molar-refractivity contribution in [3.05, 3.63) is 58.7 Å². The molecule has 0 fully saturated rings. The van der Waals surface area contributed by atoms with Gasteiger partial charge in [-0.1, -0.05) is 72.2 Å². The molecule has 164 valence electrons. The maximum absolute atomic E-state index is 6.24. The van der Waals surface area contributed by atoms with Gasteiger partial charge >= 0.3 is 0 Å². The molecule has 0 aliphatic heterocycles. The number of ether oxygens (including phenoxy) is 2. The molecule has 4 heteroatoms. The van der Waals surface area contributed by atoms with Gasteiger partial charge in [-0.25, -0.2) is 0 Å². The van der Waals surface area contributed by atoms with E-state index in [0.29, 0.717) is 14.5 Å². The summed E-state index contributed by atoms with van der Waals surface area (Å²) < 4.78 is 11.5. The van der Waals surface area contributed by atoms with Crippen LogP contribution in [0.3, 0.4) is 0 Å². The molecule has 0 aliphatic carbocycles. The van der Waals surface area contributed by atoms with Gasteiger partial charge in [0.15, 0.2) is 6.79 Å². The first-order chi connectivity index (χ1) is 14.5. The van der Waals surface area contributed by atoms with Crippen LogP contribution in [0.15, 0.2) is 41.4 Å². The Labute approximate surface area is 185 Å². The van der Waals surface area contributed by atoms with E-state index in [1.807, 2.05) is 13.3 Å². The minimum absolute atomic E-state index is 0.0120. The van der Waals surface area contributed by atoms with Crippen LogP contribution in [0.2, 0.25) is 0 Å². The van der Waals surface area contributed by atoms with Crippen LogP contribution in [-0.4, -0.2) is 27.2 Å². The zero-order valence-electron chi connectivity index (χ0n) is 19.7. The first-order valence-corrected chi connectivity index (χ1v) is 12.0. The zero-order chi connectivity index (χ0) is 22.1. The Morgan fingerprint density at radius 2 is 1.87 bits per heavy atom. The third-order valence-corrected chi connectivity index (χ3v) is 8.26. The second-order valence-corrected chi connectivity index (χ2v) is 9.72. The average molecular weight is 428 g/mol. The van der Waals surface area contributed by atoms with Crippen molar-refractivity contribution in [1.29, 1.82) is 0 Å². The van der Waals surface area contributed by atoms with Crippen LogP contribution in [0, 0.1) is 6.92 Å². The fourth-order valence-corrected chi connectivity index (χ4v) is 5.64. The molecule has 0 radical (unpaired) electrons. The molecule has 0 spiro atoms. The van der Waals surface area contributed by atoms with Gasteiger partial charge in [0.1, 0.15) is 5.75 Å². The lowest BCUT2D eigenvalue weighted by Crippen LogP contribution is -2.25. The topological polar surface area (TPSA) is 30.8 Å². The van der Waals surface area contributed by atoms with E-state index in [9.17, 15) is 0 Å². The quantitative estimate of drug-likeness (QED) is 0.231. The van der Waals surface area contributed by atoms with E-state index in [1.54, 1.807) is 7.11 Å². The van der Waals surface area contributed by atoms with Crippen molar-refractivity contribution in [2.45, 2.75) is 65.0 Å². The number of rotatable bonds is 11. The van der Waals surface area contributed by atoms with Gasteiger partial charge in [-0.3, -0.25) is 4.99 Å². The minimum atomic E-state index is 0.0120. The van der Waals surface area contributed by atoms with Crippen molar-refractivity contribution in [2.75, 3.05) is 21.0 Å². The lowest BCUT2D eigenvalue weighted by molar-refractivity contribution is 0.0490.